The molecule has 0 amide bonds. The van der Waals surface area contributed by atoms with E-state index in [-0.39, 0.29) is 6.61 Å². The zero-order chi connectivity index (χ0) is 20.8. The molecule has 0 bridgehead atoms. The maximum absolute atomic E-state index is 9.27. The molecule has 0 spiro atoms. The van der Waals surface area contributed by atoms with Crippen molar-refractivity contribution in [3.8, 4) is 11.3 Å². The summed E-state index contributed by atoms with van der Waals surface area (Å²) in [7, 11) is 1.80. The molecule has 1 aromatic heterocycles. The quantitative estimate of drug-likeness (QED) is 0.729. The van der Waals surface area contributed by atoms with E-state index in [9.17, 15) is 5.11 Å². The topological polar surface area (TPSA) is 90.9 Å². The Morgan fingerprint density at radius 1 is 1.07 bits per heavy atom. The van der Waals surface area contributed by atoms with Gasteiger partial charge in [0.15, 0.2) is 5.82 Å². The van der Waals surface area contributed by atoms with Crippen LogP contribution in [0.15, 0.2) is 52.9 Å². The molecule has 0 unspecified atom stereocenters. The number of allylic oxidation sites excluding steroid dienone is 1. The Morgan fingerprint density at radius 2 is 1.72 bits per heavy atom. The molecule has 0 atom stereocenters. The van der Waals surface area contributed by atoms with Crippen molar-refractivity contribution in [1.29, 1.82) is 0 Å². The van der Waals surface area contributed by atoms with Gasteiger partial charge in [0.05, 0.1) is 6.61 Å². The molecule has 0 saturated carbocycles. The van der Waals surface area contributed by atoms with Crippen LogP contribution in [0.3, 0.4) is 0 Å². The molecular weight excluding hydrogens is 364 g/mol. The number of aliphatic hydroxyl groups is 1. The molecular formula is C22H30N6O. The summed E-state index contributed by atoms with van der Waals surface area (Å²) in [6.07, 6.45) is 3.47. The van der Waals surface area contributed by atoms with Crippen molar-refractivity contribution >= 4 is 11.5 Å². The first kappa shape index (κ1) is 21.0. The molecule has 0 aliphatic carbocycles. The van der Waals surface area contributed by atoms with Crippen LogP contribution in [0.1, 0.15) is 19.4 Å². The summed E-state index contributed by atoms with van der Waals surface area (Å²) in [4.78, 5) is 18.2. The van der Waals surface area contributed by atoms with E-state index in [4.69, 9.17) is 5.73 Å². The van der Waals surface area contributed by atoms with Crippen LogP contribution < -0.4 is 10.6 Å². The smallest absolute Gasteiger partial charge is 0.155 e. The summed E-state index contributed by atoms with van der Waals surface area (Å²) in [6.45, 7) is 8.40. The van der Waals surface area contributed by atoms with Gasteiger partial charge in [-0.1, -0.05) is 24.3 Å². The summed E-state index contributed by atoms with van der Waals surface area (Å²) in [5.74, 6) is 0.904. The Labute approximate surface area is 172 Å². The molecule has 2 heterocycles. The number of hydrogen-bond acceptors (Lipinski definition) is 7. The highest BCUT2D eigenvalue weighted by Gasteiger charge is 2.22. The van der Waals surface area contributed by atoms with Crippen LogP contribution in [0.5, 0.6) is 0 Å². The van der Waals surface area contributed by atoms with Crippen LogP contribution in [0.4, 0.5) is 5.82 Å². The third-order valence-corrected chi connectivity index (χ3v) is 5.39. The first-order valence-electron chi connectivity index (χ1n) is 9.91. The summed E-state index contributed by atoms with van der Waals surface area (Å²) < 4.78 is 0. The highest BCUT2D eigenvalue weighted by molar-refractivity contribution is 5.99. The Kier molecular flexibility index (Phi) is 6.95. The Hall–Kier alpha value is -2.77. The van der Waals surface area contributed by atoms with Crippen molar-refractivity contribution in [3.63, 3.8) is 0 Å². The van der Waals surface area contributed by atoms with E-state index in [1.165, 1.54) is 0 Å². The van der Waals surface area contributed by atoms with Crippen molar-refractivity contribution in [2.24, 2.45) is 10.7 Å². The second kappa shape index (κ2) is 9.62. The first-order valence-corrected chi connectivity index (χ1v) is 9.91. The third-order valence-electron chi connectivity index (χ3n) is 5.39. The molecule has 0 radical (unpaired) electrons. The van der Waals surface area contributed by atoms with Gasteiger partial charge in [-0.2, -0.15) is 0 Å². The summed E-state index contributed by atoms with van der Waals surface area (Å²) >= 11 is 0. The second-order valence-electron chi connectivity index (χ2n) is 7.32. The molecule has 1 aromatic carbocycles. The fraction of sp³-hybridized carbons (Fsp3) is 0.409. The van der Waals surface area contributed by atoms with Crippen LogP contribution in [0.25, 0.3) is 11.3 Å². The molecule has 7 heteroatoms. The van der Waals surface area contributed by atoms with E-state index in [1.54, 1.807) is 19.4 Å². The van der Waals surface area contributed by atoms with Gasteiger partial charge in [-0.25, -0.2) is 4.98 Å². The number of aliphatic imine (C=N–C) groups is 1. The minimum atomic E-state index is 0.0382. The first-order chi connectivity index (χ1) is 14.0. The molecule has 7 nitrogen and oxygen atoms in total. The number of piperazine rings is 1. The average Bonchev–Trinajstić information content (AvgIpc) is 2.77. The van der Waals surface area contributed by atoms with Gasteiger partial charge < -0.3 is 15.7 Å². The molecule has 1 saturated heterocycles. The largest absolute Gasteiger partial charge is 0.402 e. The van der Waals surface area contributed by atoms with Crippen LogP contribution in [0.2, 0.25) is 0 Å². The van der Waals surface area contributed by atoms with Gasteiger partial charge in [-0.05, 0) is 19.4 Å². The Morgan fingerprint density at radius 3 is 2.31 bits per heavy atom. The fourth-order valence-electron chi connectivity index (χ4n) is 3.53. The average molecular weight is 395 g/mol. The summed E-state index contributed by atoms with van der Waals surface area (Å²) in [6, 6.07) is 7.82. The van der Waals surface area contributed by atoms with Gasteiger partial charge in [0.1, 0.15) is 5.69 Å². The zero-order valence-corrected chi connectivity index (χ0v) is 17.5. The highest BCUT2D eigenvalue weighted by atomic mass is 16.3. The Balaban J connectivity index is 1.72. The summed E-state index contributed by atoms with van der Waals surface area (Å²) in [5, 5.41) is 9.27. The number of aliphatic hydroxyl groups excluding tert-OH is 1. The minimum Gasteiger partial charge on any atom is -0.402 e. The molecule has 3 rings (SSSR count). The number of anilines is 1. The van der Waals surface area contributed by atoms with Gasteiger partial charge in [-0.3, -0.25) is 14.9 Å². The van der Waals surface area contributed by atoms with Crippen LogP contribution >= 0.6 is 0 Å². The lowest BCUT2D eigenvalue weighted by molar-refractivity contribution is 0.280. The number of nitrogens with two attached hydrogens (primary N) is 1. The Bertz CT molecular complexity index is 878. The number of nitrogens with zero attached hydrogens (tertiary/aromatic N) is 5. The van der Waals surface area contributed by atoms with Crippen molar-refractivity contribution in [1.82, 2.24) is 14.9 Å². The van der Waals surface area contributed by atoms with Crippen molar-refractivity contribution in [2.45, 2.75) is 20.5 Å². The zero-order valence-electron chi connectivity index (χ0n) is 17.5. The molecule has 1 aliphatic heterocycles. The third kappa shape index (κ3) is 4.99. The predicted molar refractivity (Wildman–Crippen MR) is 118 cm³/mol. The van der Waals surface area contributed by atoms with Gasteiger partial charge >= 0.3 is 0 Å². The number of aromatic nitrogens is 2. The van der Waals surface area contributed by atoms with Crippen LogP contribution in [-0.2, 0) is 6.61 Å². The van der Waals surface area contributed by atoms with Gasteiger partial charge in [0.2, 0.25) is 0 Å². The van der Waals surface area contributed by atoms with E-state index >= 15 is 0 Å². The molecule has 2 aromatic rings. The van der Waals surface area contributed by atoms with Crippen molar-refractivity contribution in [2.75, 3.05) is 44.7 Å². The highest BCUT2D eigenvalue weighted by Crippen LogP contribution is 2.27. The normalized spacial score (nSPS) is 16.7. The molecule has 154 valence electrons. The van der Waals surface area contributed by atoms with Gasteiger partial charge in [-0.15, -0.1) is 0 Å². The maximum atomic E-state index is 9.27. The number of hydrogen-bond donors (Lipinski definition) is 2. The van der Waals surface area contributed by atoms with E-state index < -0.39 is 0 Å². The molecule has 3 N–H and O–H groups in total. The predicted octanol–water partition coefficient (Wildman–Crippen LogP) is 2.08. The van der Waals surface area contributed by atoms with Crippen LogP contribution in [0, 0.1) is 0 Å². The van der Waals surface area contributed by atoms with Gasteiger partial charge in [0.25, 0.3) is 0 Å². The van der Waals surface area contributed by atoms with E-state index in [1.807, 2.05) is 38.1 Å². The number of benzene rings is 1. The van der Waals surface area contributed by atoms with E-state index in [2.05, 4.69) is 24.8 Å². The van der Waals surface area contributed by atoms with E-state index in [0.717, 1.165) is 72.3 Å². The molecule has 29 heavy (non-hydrogen) atoms. The van der Waals surface area contributed by atoms with Gasteiger partial charge in [0, 0.05) is 74.7 Å². The lowest BCUT2D eigenvalue weighted by atomic mass is 10.1. The molecule has 1 fully saturated rings. The second-order valence-corrected chi connectivity index (χ2v) is 7.32. The maximum Gasteiger partial charge on any atom is 0.155 e. The minimum absolute atomic E-state index is 0.0382. The fourth-order valence-corrected chi connectivity index (χ4v) is 3.53. The number of rotatable bonds is 6. The lowest BCUT2D eigenvalue weighted by Crippen LogP contribution is -2.48. The standard InChI is InChI=1S/C22H30N6O/c1-16(23)20(17(2)24-3)14-27-10-12-28(13-11-27)22-21(25-8-9-26-22)19-6-4-18(15-29)5-7-19/h4-9,29H,10-15,23H2,1-3H3/b20-16-,24-17?. The van der Waals surface area contributed by atoms with E-state index in [0.29, 0.717) is 0 Å². The van der Waals surface area contributed by atoms with Crippen molar-refractivity contribution in [3.05, 3.63) is 53.5 Å². The lowest BCUT2D eigenvalue weighted by Gasteiger charge is -2.36. The van der Waals surface area contributed by atoms with Crippen LogP contribution in [-0.4, -0.2) is 65.5 Å². The summed E-state index contributed by atoms with van der Waals surface area (Å²) in [5.41, 5.74) is 11.8. The monoisotopic (exact) mass is 394 g/mol. The van der Waals surface area contributed by atoms with Crippen molar-refractivity contribution < 1.29 is 5.11 Å². The SMILES string of the molecule is CN=C(C)/C(CN1CCN(c2nccnc2-c2ccc(CO)cc2)CC1)=C(/C)N. The molecule has 1 aliphatic rings.